The van der Waals surface area contributed by atoms with Crippen molar-refractivity contribution in [2.24, 2.45) is 7.05 Å². The normalized spacial score (nSPS) is 10.9. The summed E-state index contributed by atoms with van der Waals surface area (Å²) < 4.78 is 3.76. The van der Waals surface area contributed by atoms with Gasteiger partial charge < -0.3 is 0 Å². The fourth-order valence-electron chi connectivity index (χ4n) is 2.14. The third kappa shape index (κ3) is 2.61. The second kappa shape index (κ2) is 5.28. The Morgan fingerprint density at radius 2 is 1.90 bits per heavy atom. The van der Waals surface area contributed by atoms with Gasteiger partial charge in [-0.3, -0.25) is 9.36 Å². The van der Waals surface area contributed by atoms with Crippen LogP contribution >= 0.6 is 0 Å². The van der Waals surface area contributed by atoms with Gasteiger partial charge >= 0.3 is 0 Å². The summed E-state index contributed by atoms with van der Waals surface area (Å²) in [6, 6.07) is 10.3. The van der Waals surface area contributed by atoms with Crippen molar-refractivity contribution in [2.75, 3.05) is 0 Å². The van der Waals surface area contributed by atoms with Crippen molar-refractivity contribution in [3.05, 3.63) is 54.0 Å². The monoisotopic (exact) mass is 267 g/mol. The number of aromatic nitrogens is 5. The molecule has 5 nitrogen and oxygen atoms in total. The van der Waals surface area contributed by atoms with Crippen LogP contribution in [0.5, 0.6) is 0 Å². The van der Waals surface area contributed by atoms with Gasteiger partial charge in [0.2, 0.25) is 0 Å². The second-order valence-corrected chi connectivity index (χ2v) is 4.93. The summed E-state index contributed by atoms with van der Waals surface area (Å²) in [6.07, 6.45) is 4.70. The van der Waals surface area contributed by atoms with Crippen LogP contribution in [0.2, 0.25) is 0 Å². The zero-order chi connectivity index (χ0) is 13.9. The Morgan fingerprint density at radius 1 is 1.10 bits per heavy atom. The van der Waals surface area contributed by atoms with Crippen molar-refractivity contribution < 1.29 is 0 Å². The Morgan fingerprint density at radius 3 is 2.60 bits per heavy atom. The lowest BCUT2D eigenvalue weighted by Gasteiger charge is -2.01. The van der Waals surface area contributed by atoms with E-state index in [1.165, 1.54) is 11.3 Å². The molecular formula is C15H17N5. The molecule has 102 valence electrons. The Balaban J connectivity index is 1.71. The minimum absolute atomic E-state index is 0.804. The molecule has 3 aromatic rings. The van der Waals surface area contributed by atoms with Crippen molar-refractivity contribution >= 4 is 0 Å². The molecule has 2 aromatic heterocycles. The van der Waals surface area contributed by atoms with Gasteiger partial charge in [0.15, 0.2) is 0 Å². The third-order valence-corrected chi connectivity index (χ3v) is 3.41. The van der Waals surface area contributed by atoms with Crippen LogP contribution in [0, 0.1) is 6.92 Å². The topological polar surface area (TPSA) is 48.5 Å². The SMILES string of the molecule is Cc1ccc(-c2cn(CCc3ccnn3C)nn2)cc1. The first-order valence-corrected chi connectivity index (χ1v) is 6.66. The molecule has 0 bridgehead atoms. The van der Waals surface area contributed by atoms with Crippen LogP contribution in [0.25, 0.3) is 11.3 Å². The molecule has 0 aliphatic rings. The van der Waals surface area contributed by atoms with E-state index in [0.717, 1.165) is 24.2 Å². The van der Waals surface area contributed by atoms with Crippen molar-refractivity contribution in [3.8, 4) is 11.3 Å². The largest absolute Gasteiger partial charge is 0.273 e. The molecule has 3 rings (SSSR count). The highest BCUT2D eigenvalue weighted by molar-refractivity contribution is 5.57. The number of rotatable bonds is 4. The molecule has 0 saturated carbocycles. The van der Waals surface area contributed by atoms with Crippen molar-refractivity contribution in [1.82, 2.24) is 24.8 Å². The molecule has 2 heterocycles. The van der Waals surface area contributed by atoms with E-state index in [4.69, 9.17) is 0 Å². The van der Waals surface area contributed by atoms with Crippen LogP contribution < -0.4 is 0 Å². The summed E-state index contributed by atoms with van der Waals surface area (Å²) in [5.41, 5.74) is 4.45. The average molecular weight is 267 g/mol. The van der Waals surface area contributed by atoms with E-state index in [-0.39, 0.29) is 0 Å². The van der Waals surface area contributed by atoms with Gasteiger partial charge in [0.1, 0.15) is 5.69 Å². The summed E-state index contributed by atoms with van der Waals surface area (Å²) in [5, 5.41) is 12.6. The molecular weight excluding hydrogens is 250 g/mol. The summed E-state index contributed by atoms with van der Waals surface area (Å²) in [6.45, 7) is 2.88. The molecule has 0 radical (unpaired) electrons. The highest BCUT2D eigenvalue weighted by Crippen LogP contribution is 2.16. The highest BCUT2D eigenvalue weighted by Gasteiger charge is 2.05. The Hall–Kier alpha value is -2.43. The van der Waals surface area contributed by atoms with E-state index in [2.05, 4.69) is 46.6 Å². The molecule has 0 atom stereocenters. The zero-order valence-electron chi connectivity index (χ0n) is 11.7. The summed E-state index contributed by atoms with van der Waals surface area (Å²) >= 11 is 0. The quantitative estimate of drug-likeness (QED) is 0.728. The van der Waals surface area contributed by atoms with Gasteiger partial charge in [0.25, 0.3) is 0 Å². The first-order valence-electron chi connectivity index (χ1n) is 6.66. The minimum Gasteiger partial charge on any atom is -0.273 e. The van der Waals surface area contributed by atoms with Crippen molar-refractivity contribution in [2.45, 2.75) is 19.9 Å². The lowest BCUT2D eigenvalue weighted by atomic mass is 10.1. The lowest BCUT2D eigenvalue weighted by molar-refractivity contribution is 0.567. The van der Waals surface area contributed by atoms with Crippen LogP contribution in [0.4, 0.5) is 0 Å². The standard InChI is InChI=1S/C15H17N5/c1-12-3-5-13(6-4-12)15-11-20(18-17-15)10-8-14-7-9-16-19(14)2/h3-7,9,11H,8,10H2,1-2H3. The van der Waals surface area contributed by atoms with Crippen molar-refractivity contribution in [3.63, 3.8) is 0 Å². The smallest absolute Gasteiger partial charge is 0.113 e. The zero-order valence-corrected chi connectivity index (χ0v) is 11.7. The second-order valence-electron chi connectivity index (χ2n) is 4.93. The van der Waals surface area contributed by atoms with Gasteiger partial charge in [-0.1, -0.05) is 35.0 Å². The number of benzene rings is 1. The number of aryl methyl sites for hydroxylation is 4. The molecule has 5 heteroatoms. The molecule has 0 aliphatic carbocycles. The van der Waals surface area contributed by atoms with E-state index >= 15 is 0 Å². The minimum atomic E-state index is 0.804. The van der Waals surface area contributed by atoms with Crippen LogP contribution in [-0.4, -0.2) is 24.8 Å². The Bertz CT molecular complexity index is 693. The maximum absolute atomic E-state index is 4.23. The predicted molar refractivity (Wildman–Crippen MR) is 77.1 cm³/mol. The molecule has 0 saturated heterocycles. The number of nitrogens with zero attached hydrogens (tertiary/aromatic N) is 5. The van der Waals surface area contributed by atoms with Gasteiger partial charge in [-0.05, 0) is 13.0 Å². The summed E-state index contributed by atoms with van der Waals surface area (Å²) in [7, 11) is 1.95. The molecule has 0 unspecified atom stereocenters. The molecule has 0 N–H and O–H groups in total. The van der Waals surface area contributed by atoms with Gasteiger partial charge in [0.05, 0.1) is 6.20 Å². The van der Waals surface area contributed by atoms with Gasteiger partial charge in [-0.25, -0.2) is 0 Å². The van der Waals surface area contributed by atoms with E-state index in [9.17, 15) is 0 Å². The van der Waals surface area contributed by atoms with Crippen LogP contribution in [0.1, 0.15) is 11.3 Å². The van der Waals surface area contributed by atoms with Crippen molar-refractivity contribution in [1.29, 1.82) is 0 Å². The Kier molecular flexibility index (Phi) is 3.33. The van der Waals surface area contributed by atoms with E-state index < -0.39 is 0 Å². The molecule has 0 spiro atoms. The van der Waals surface area contributed by atoms with Gasteiger partial charge in [-0.15, -0.1) is 5.10 Å². The summed E-state index contributed by atoms with van der Waals surface area (Å²) in [4.78, 5) is 0. The number of hydrogen-bond acceptors (Lipinski definition) is 3. The number of hydrogen-bond donors (Lipinski definition) is 0. The third-order valence-electron chi connectivity index (χ3n) is 3.41. The lowest BCUT2D eigenvalue weighted by Crippen LogP contribution is -2.05. The van der Waals surface area contributed by atoms with Gasteiger partial charge in [-0.2, -0.15) is 5.10 Å². The Labute approximate surface area is 117 Å². The fourth-order valence-corrected chi connectivity index (χ4v) is 2.14. The maximum atomic E-state index is 4.23. The first kappa shape index (κ1) is 12.6. The molecule has 0 fully saturated rings. The van der Waals surface area contributed by atoms with E-state index in [1.54, 1.807) is 0 Å². The predicted octanol–water partition coefficient (Wildman–Crippen LogP) is 2.23. The van der Waals surface area contributed by atoms with Crippen LogP contribution in [0.3, 0.4) is 0 Å². The molecule has 20 heavy (non-hydrogen) atoms. The summed E-state index contributed by atoms with van der Waals surface area (Å²) in [5.74, 6) is 0. The molecule has 0 amide bonds. The van der Waals surface area contributed by atoms with E-state index in [0.29, 0.717) is 0 Å². The highest BCUT2D eigenvalue weighted by atomic mass is 15.4. The van der Waals surface area contributed by atoms with E-state index in [1.807, 2.05) is 34.9 Å². The van der Waals surface area contributed by atoms with Crippen LogP contribution in [-0.2, 0) is 20.0 Å². The van der Waals surface area contributed by atoms with Gasteiger partial charge in [0, 0.05) is 37.5 Å². The maximum Gasteiger partial charge on any atom is 0.113 e. The molecule has 0 aliphatic heterocycles. The fraction of sp³-hybridized carbons (Fsp3) is 0.267. The first-order chi connectivity index (χ1) is 9.72. The van der Waals surface area contributed by atoms with Crippen LogP contribution in [0.15, 0.2) is 42.7 Å². The average Bonchev–Trinajstić information content (AvgIpc) is 3.06. The molecule has 1 aromatic carbocycles.